The number of aromatic nitrogens is 2. The maximum Gasteiger partial charge on any atom is 0.241 e. The van der Waals surface area contributed by atoms with E-state index in [0.717, 1.165) is 54.4 Å². The van der Waals surface area contributed by atoms with Gasteiger partial charge in [0, 0.05) is 30.3 Å². The molecular formula is C23H26N4O2. The number of hydrogen-bond acceptors (Lipinski definition) is 4. The molecule has 0 bridgehead atoms. The number of aryl methyl sites for hydroxylation is 1. The summed E-state index contributed by atoms with van der Waals surface area (Å²) in [5, 5.41) is 3.08. The van der Waals surface area contributed by atoms with Crippen LogP contribution in [0.4, 0.5) is 5.69 Å². The molecule has 0 saturated carbocycles. The molecule has 4 rings (SSSR count). The van der Waals surface area contributed by atoms with Gasteiger partial charge in [-0.25, -0.2) is 4.98 Å². The zero-order valence-electron chi connectivity index (χ0n) is 16.8. The molecule has 0 spiro atoms. The number of carbonyl (C=O) groups is 1. The van der Waals surface area contributed by atoms with Crippen molar-refractivity contribution in [1.29, 1.82) is 0 Å². The van der Waals surface area contributed by atoms with Crippen LogP contribution in [0.25, 0.3) is 5.69 Å². The van der Waals surface area contributed by atoms with Gasteiger partial charge in [-0.15, -0.1) is 0 Å². The summed E-state index contributed by atoms with van der Waals surface area (Å²) in [5.74, 6) is 1.83. The average Bonchev–Trinajstić information content (AvgIpc) is 3.37. The first-order chi connectivity index (χ1) is 14.1. The minimum atomic E-state index is -0.114. The van der Waals surface area contributed by atoms with Crippen molar-refractivity contribution in [3.8, 4) is 11.4 Å². The lowest BCUT2D eigenvalue weighted by molar-refractivity contribution is -0.120. The van der Waals surface area contributed by atoms with E-state index >= 15 is 0 Å². The van der Waals surface area contributed by atoms with E-state index in [4.69, 9.17) is 4.74 Å². The monoisotopic (exact) mass is 390 g/mol. The molecule has 29 heavy (non-hydrogen) atoms. The van der Waals surface area contributed by atoms with Crippen molar-refractivity contribution in [2.75, 3.05) is 19.0 Å². The highest BCUT2D eigenvalue weighted by molar-refractivity contribution is 5.95. The predicted octanol–water partition coefficient (Wildman–Crippen LogP) is 3.79. The van der Waals surface area contributed by atoms with Crippen molar-refractivity contribution >= 4 is 11.6 Å². The van der Waals surface area contributed by atoms with Crippen LogP contribution in [-0.4, -0.2) is 40.1 Å². The maximum atomic E-state index is 12.9. The highest BCUT2D eigenvalue weighted by Crippen LogP contribution is 2.23. The highest BCUT2D eigenvalue weighted by atomic mass is 16.5. The van der Waals surface area contributed by atoms with E-state index < -0.39 is 0 Å². The van der Waals surface area contributed by atoms with E-state index in [1.165, 1.54) is 0 Å². The molecule has 2 heterocycles. The Morgan fingerprint density at radius 1 is 1.24 bits per heavy atom. The van der Waals surface area contributed by atoms with Crippen molar-refractivity contribution in [3.63, 3.8) is 0 Å². The Kier molecular flexibility index (Phi) is 5.62. The van der Waals surface area contributed by atoms with Crippen molar-refractivity contribution in [1.82, 2.24) is 14.5 Å². The van der Waals surface area contributed by atoms with Crippen LogP contribution in [-0.2, 0) is 11.3 Å². The van der Waals surface area contributed by atoms with Crippen molar-refractivity contribution in [2.45, 2.75) is 32.4 Å². The van der Waals surface area contributed by atoms with Gasteiger partial charge in [-0.05, 0) is 68.3 Å². The third-order valence-electron chi connectivity index (χ3n) is 5.42. The number of likely N-dealkylation sites (tertiary alicyclic amines) is 1. The summed E-state index contributed by atoms with van der Waals surface area (Å²) in [6.45, 7) is 3.63. The van der Waals surface area contributed by atoms with E-state index in [-0.39, 0.29) is 11.9 Å². The average molecular weight is 390 g/mol. The largest absolute Gasteiger partial charge is 0.497 e. The number of carbonyl (C=O) groups excluding carboxylic acids is 1. The summed E-state index contributed by atoms with van der Waals surface area (Å²) in [5.41, 5.74) is 2.99. The van der Waals surface area contributed by atoms with E-state index in [2.05, 4.69) is 21.3 Å². The summed E-state index contributed by atoms with van der Waals surface area (Å²) < 4.78 is 7.33. The van der Waals surface area contributed by atoms with Crippen molar-refractivity contribution < 1.29 is 9.53 Å². The zero-order valence-corrected chi connectivity index (χ0v) is 16.8. The smallest absolute Gasteiger partial charge is 0.241 e. The van der Waals surface area contributed by atoms with E-state index in [1.54, 1.807) is 13.3 Å². The van der Waals surface area contributed by atoms with Gasteiger partial charge < -0.3 is 14.6 Å². The summed E-state index contributed by atoms with van der Waals surface area (Å²) in [6, 6.07) is 15.8. The molecule has 1 aliphatic rings. The number of amides is 1. The number of rotatable bonds is 6. The molecule has 0 aliphatic carbocycles. The number of hydrogen-bond donors (Lipinski definition) is 1. The number of imidazole rings is 1. The standard InChI is InChI=1S/C23H26N4O2/c1-17-24-12-14-27(17)20-10-8-19(9-11-20)25-23(28)22-7-4-13-26(22)16-18-5-3-6-21(15-18)29-2/h3,5-6,8-12,14-15,22H,4,7,13,16H2,1-2H3,(H,25,28). The molecule has 1 N–H and O–H groups in total. The SMILES string of the molecule is COc1cccc(CN2CCCC2C(=O)Nc2ccc(-n3ccnc3C)cc2)c1. The normalized spacial score (nSPS) is 16.7. The van der Waals surface area contributed by atoms with Gasteiger partial charge in [-0.3, -0.25) is 9.69 Å². The molecule has 2 aromatic carbocycles. The quantitative estimate of drug-likeness (QED) is 0.696. The van der Waals surface area contributed by atoms with E-state index in [1.807, 2.05) is 60.2 Å². The summed E-state index contributed by atoms with van der Waals surface area (Å²) >= 11 is 0. The highest BCUT2D eigenvalue weighted by Gasteiger charge is 2.30. The Morgan fingerprint density at radius 3 is 2.79 bits per heavy atom. The first-order valence-corrected chi connectivity index (χ1v) is 9.92. The van der Waals surface area contributed by atoms with Gasteiger partial charge in [0.25, 0.3) is 0 Å². The first-order valence-electron chi connectivity index (χ1n) is 9.92. The molecule has 1 saturated heterocycles. The van der Waals surface area contributed by atoms with Gasteiger partial charge in [0.2, 0.25) is 5.91 Å². The molecule has 6 nitrogen and oxygen atoms in total. The number of ether oxygens (including phenoxy) is 1. The van der Waals surface area contributed by atoms with Crippen LogP contribution in [0.15, 0.2) is 60.9 Å². The predicted molar refractivity (Wildman–Crippen MR) is 113 cm³/mol. The second-order valence-corrected chi connectivity index (χ2v) is 7.36. The zero-order chi connectivity index (χ0) is 20.2. The van der Waals surface area contributed by atoms with Crippen LogP contribution < -0.4 is 10.1 Å². The number of nitrogens with zero attached hydrogens (tertiary/aromatic N) is 3. The van der Waals surface area contributed by atoms with Crippen molar-refractivity contribution in [2.24, 2.45) is 0 Å². The van der Waals surface area contributed by atoms with Gasteiger partial charge in [0.15, 0.2) is 0 Å². The van der Waals surface area contributed by atoms with Crippen molar-refractivity contribution in [3.05, 3.63) is 72.3 Å². The molecule has 0 radical (unpaired) electrons. The Morgan fingerprint density at radius 2 is 2.07 bits per heavy atom. The first kappa shape index (κ1) is 19.2. The van der Waals surface area contributed by atoms with Gasteiger partial charge in [0.05, 0.1) is 13.2 Å². The third kappa shape index (κ3) is 4.32. The third-order valence-corrected chi connectivity index (χ3v) is 5.42. The Bertz CT molecular complexity index is 981. The summed E-state index contributed by atoms with van der Waals surface area (Å²) in [4.78, 5) is 19.4. The topological polar surface area (TPSA) is 59.4 Å². The minimum Gasteiger partial charge on any atom is -0.497 e. The van der Waals surface area contributed by atoms with Crippen LogP contribution in [0.3, 0.4) is 0 Å². The molecule has 1 fully saturated rings. The number of nitrogens with one attached hydrogen (secondary N) is 1. The lowest BCUT2D eigenvalue weighted by atomic mass is 10.1. The number of benzene rings is 2. The number of methoxy groups -OCH3 is 1. The lowest BCUT2D eigenvalue weighted by Crippen LogP contribution is -2.39. The molecular weight excluding hydrogens is 364 g/mol. The molecule has 6 heteroatoms. The Hall–Kier alpha value is -3.12. The molecule has 3 aromatic rings. The summed E-state index contributed by atoms with van der Waals surface area (Å²) in [7, 11) is 1.67. The molecule has 1 aromatic heterocycles. The summed E-state index contributed by atoms with van der Waals surface area (Å²) in [6.07, 6.45) is 5.61. The van der Waals surface area contributed by atoms with Crippen LogP contribution in [0.1, 0.15) is 24.2 Å². The van der Waals surface area contributed by atoms with Crippen LogP contribution in [0.2, 0.25) is 0 Å². The van der Waals surface area contributed by atoms with Gasteiger partial charge in [0.1, 0.15) is 11.6 Å². The molecule has 1 unspecified atom stereocenters. The van der Waals surface area contributed by atoms with Crippen LogP contribution >= 0.6 is 0 Å². The lowest BCUT2D eigenvalue weighted by Gasteiger charge is -2.24. The van der Waals surface area contributed by atoms with Crippen LogP contribution in [0.5, 0.6) is 5.75 Å². The second-order valence-electron chi connectivity index (χ2n) is 7.36. The minimum absolute atomic E-state index is 0.0527. The molecule has 1 amide bonds. The molecule has 150 valence electrons. The van der Waals surface area contributed by atoms with Gasteiger partial charge in [-0.2, -0.15) is 0 Å². The van der Waals surface area contributed by atoms with Gasteiger partial charge >= 0.3 is 0 Å². The molecule has 1 atom stereocenters. The Labute approximate surface area is 171 Å². The number of anilines is 1. The molecule has 1 aliphatic heterocycles. The van der Waals surface area contributed by atoms with Crippen LogP contribution in [0, 0.1) is 6.92 Å². The van der Waals surface area contributed by atoms with E-state index in [9.17, 15) is 4.79 Å². The van der Waals surface area contributed by atoms with Gasteiger partial charge in [-0.1, -0.05) is 12.1 Å². The maximum absolute atomic E-state index is 12.9. The fraction of sp³-hybridized carbons (Fsp3) is 0.304. The fourth-order valence-electron chi connectivity index (χ4n) is 3.90. The fourth-order valence-corrected chi connectivity index (χ4v) is 3.90. The Balaban J connectivity index is 1.41. The van der Waals surface area contributed by atoms with E-state index in [0.29, 0.717) is 0 Å². The second kappa shape index (κ2) is 8.49.